The van der Waals surface area contributed by atoms with E-state index in [1.807, 2.05) is 0 Å². The van der Waals surface area contributed by atoms with Crippen molar-refractivity contribution in [1.29, 1.82) is 0 Å². The molecule has 85 heavy (non-hydrogen) atoms. The molecular weight excluding hydrogens is 1070 g/mol. The van der Waals surface area contributed by atoms with Crippen LogP contribution in [0.5, 0.6) is 0 Å². The van der Waals surface area contributed by atoms with Crippen molar-refractivity contribution in [3.05, 3.63) is 12.2 Å². The van der Waals surface area contributed by atoms with Gasteiger partial charge in [-0.05, 0) is 44.9 Å². The lowest BCUT2D eigenvalue weighted by molar-refractivity contribution is -0.301. The van der Waals surface area contributed by atoms with E-state index in [1.165, 1.54) is 250 Å². The third-order valence-corrected chi connectivity index (χ3v) is 17.3. The number of unbranched alkanes of at least 4 members (excludes halogenated alkanes) is 49. The monoisotopic (exact) mass is 1210 g/mol. The largest absolute Gasteiger partial charge is 0.479 e. The molecule has 0 spiro atoms. The molecule has 1 aliphatic rings. The summed E-state index contributed by atoms with van der Waals surface area (Å²) in [7, 11) is 0. The maximum atomic E-state index is 13.3. The summed E-state index contributed by atoms with van der Waals surface area (Å²) in [6, 6.07) is 0. The molecule has 1 fully saturated rings. The molecule has 0 aromatic carbocycles. The first-order chi connectivity index (χ1) is 41.6. The van der Waals surface area contributed by atoms with E-state index in [2.05, 4.69) is 32.9 Å². The van der Waals surface area contributed by atoms with Crippen molar-refractivity contribution in [2.24, 2.45) is 0 Å². The van der Waals surface area contributed by atoms with Gasteiger partial charge in [-0.2, -0.15) is 0 Å². The fraction of sp³-hybridized carbons (Fsp3) is 0.918. The smallest absolute Gasteiger partial charge is 0.335 e. The first-order valence-electron chi connectivity index (χ1n) is 36.7. The van der Waals surface area contributed by atoms with Crippen molar-refractivity contribution in [2.75, 3.05) is 13.2 Å². The van der Waals surface area contributed by atoms with Crippen LogP contribution < -0.4 is 0 Å². The molecule has 0 aromatic heterocycles. The lowest BCUT2D eigenvalue weighted by Gasteiger charge is -2.40. The van der Waals surface area contributed by atoms with E-state index in [0.717, 1.165) is 70.6 Å². The summed E-state index contributed by atoms with van der Waals surface area (Å²) in [5.41, 5.74) is 0. The Balaban J connectivity index is 2.60. The minimum absolute atomic E-state index is 0.0625. The van der Waals surface area contributed by atoms with Crippen LogP contribution in [-0.2, 0) is 42.9 Å². The Morgan fingerprint density at radius 2 is 0.671 bits per heavy atom. The van der Waals surface area contributed by atoms with Gasteiger partial charge in [0.2, 0.25) is 0 Å². The van der Waals surface area contributed by atoms with Crippen molar-refractivity contribution >= 4 is 23.9 Å². The average Bonchev–Trinajstić information content (AvgIpc) is 2.83. The number of aliphatic hydroxyl groups excluding tert-OH is 2. The molecule has 6 unspecified atom stereocenters. The van der Waals surface area contributed by atoms with Gasteiger partial charge in [0.05, 0.1) is 6.61 Å². The van der Waals surface area contributed by atoms with Crippen molar-refractivity contribution < 1.29 is 58.2 Å². The molecule has 0 bridgehead atoms. The molecule has 1 heterocycles. The molecule has 1 aliphatic heterocycles. The maximum absolute atomic E-state index is 13.3. The van der Waals surface area contributed by atoms with Crippen LogP contribution in [0.25, 0.3) is 0 Å². The van der Waals surface area contributed by atoms with Gasteiger partial charge in [-0.3, -0.25) is 14.4 Å². The Labute approximate surface area is 522 Å². The molecule has 0 amide bonds. The van der Waals surface area contributed by atoms with Gasteiger partial charge in [0.15, 0.2) is 24.6 Å². The zero-order valence-electron chi connectivity index (χ0n) is 55.6. The number of esters is 3. The summed E-state index contributed by atoms with van der Waals surface area (Å²) in [4.78, 5) is 51.5. The number of carboxylic acids is 1. The van der Waals surface area contributed by atoms with E-state index in [1.54, 1.807) is 0 Å². The molecule has 500 valence electrons. The third kappa shape index (κ3) is 51.0. The lowest BCUT2D eigenvalue weighted by atomic mass is 9.98. The fourth-order valence-corrected chi connectivity index (χ4v) is 11.7. The zero-order valence-corrected chi connectivity index (χ0v) is 55.6. The van der Waals surface area contributed by atoms with Crippen LogP contribution in [0.2, 0.25) is 0 Å². The fourth-order valence-electron chi connectivity index (χ4n) is 11.7. The van der Waals surface area contributed by atoms with Crippen LogP contribution in [0.1, 0.15) is 380 Å². The predicted octanol–water partition coefficient (Wildman–Crippen LogP) is 20.4. The van der Waals surface area contributed by atoms with E-state index in [4.69, 9.17) is 23.7 Å². The molecule has 3 N–H and O–H groups in total. The van der Waals surface area contributed by atoms with Crippen LogP contribution in [-0.4, -0.2) is 89.2 Å². The Hall–Kier alpha value is -2.54. The Morgan fingerprint density at radius 1 is 0.376 bits per heavy atom. The highest BCUT2D eigenvalue weighted by molar-refractivity contribution is 5.74. The van der Waals surface area contributed by atoms with Crippen LogP contribution in [0.3, 0.4) is 0 Å². The van der Waals surface area contributed by atoms with E-state index in [-0.39, 0.29) is 25.9 Å². The average molecular weight is 1210 g/mol. The van der Waals surface area contributed by atoms with Gasteiger partial charge < -0.3 is 39.0 Å². The van der Waals surface area contributed by atoms with Gasteiger partial charge >= 0.3 is 23.9 Å². The van der Waals surface area contributed by atoms with E-state index >= 15 is 0 Å². The molecule has 6 atom stereocenters. The molecule has 0 aliphatic carbocycles. The summed E-state index contributed by atoms with van der Waals surface area (Å²) >= 11 is 0. The number of aliphatic carboxylic acids is 1. The quantitative estimate of drug-likeness (QED) is 0.0228. The van der Waals surface area contributed by atoms with Crippen LogP contribution >= 0.6 is 0 Å². The topological polar surface area (TPSA) is 175 Å². The standard InChI is InChI=1S/C73H136O12/c1-4-7-10-13-16-19-22-25-28-31-33-36-38-41-44-47-50-53-56-59-65(74)81-62-64(83-66(75)60-57-54-51-48-45-42-40-37-34-32-29-26-23-20-17-14-11-8-5-2)63-82-73-71(69(78)68(77)70(85-73)72(79)80)84-67(76)61-58-55-52-49-46-43-39-35-30-27-24-21-18-15-12-9-6-3/h27,30,64,68-71,73,77-78H,4-26,28-29,31-63H2,1-3H3,(H,79,80)/b30-27-. The maximum Gasteiger partial charge on any atom is 0.335 e. The summed E-state index contributed by atoms with van der Waals surface area (Å²) in [5, 5.41) is 31.7. The second-order valence-electron chi connectivity index (χ2n) is 25.6. The summed E-state index contributed by atoms with van der Waals surface area (Å²) in [6.45, 7) is 6.09. The number of carbonyl (C=O) groups is 4. The molecule has 1 saturated heterocycles. The van der Waals surface area contributed by atoms with E-state index in [9.17, 15) is 34.5 Å². The molecule has 12 nitrogen and oxygen atoms in total. The normalized spacial score (nSPS) is 17.4. The summed E-state index contributed by atoms with van der Waals surface area (Å²) < 4.78 is 28.7. The number of allylic oxidation sites excluding steroid dienone is 2. The van der Waals surface area contributed by atoms with Crippen molar-refractivity contribution in [1.82, 2.24) is 0 Å². The lowest BCUT2D eigenvalue weighted by Crippen LogP contribution is -2.61. The Bertz CT molecular complexity index is 1520. The number of carbonyl (C=O) groups excluding carboxylic acids is 3. The minimum atomic E-state index is -1.90. The van der Waals surface area contributed by atoms with Gasteiger partial charge in [0.25, 0.3) is 0 Å². The van der Waals surface area contributed by atoms with Crippen LogP contribution in [0, 0.1) is 0 Å². The molecule has 12 heteroatoms. The van der Waals surface area contributed by atoms with E-state index < -0.39 is 67.3 Å². The summed E-state index contributed by atoms with van der Waals surface area (Å²) in [6.07, 6.45) is 60.2. The van der Waals surface area contributed by atoms with Crippen molar-refractivity contribution in [3.8, 4) is 0 Å². The highest BCUT2D eigenvalue weighted by atomic mass is 16.7. The van der Waals surface area contributed by atoms with Gasteiger partial charge in [-0.1, -0.05) is 328 Å². The third-order valence-electron chi connectivity index (χ3n) is 17.3. The first-order valence-corrected chi connectivity index (χ1v) is 36.7. The number of ether oxygens (including phenoxy) is 5. The van der Waals surface area contributed by atoms with Crippen molar-refractivity contribution in [2.45, 2.75) is 417 Å². The van der Waals surface area contributed by atoms with Gasteiger partial charge in [-0.25, -0.2) is 4.79 Å². The molecule has 0 radical (unpaired) electrons. The number of hydrogen-bond donors (Lipinski definition) is 3. The van der Waals surface area contributed by atoms with E-state index in [0.29, 0.717) is 19.3 Å². The summed E-state index contributed by atoms with van der Waals surface area (Å²) in [5.74, 6) is -3.07. The zero-order chi connectivity index (χ0) is 61.7. The number of rotatable bonds is 65. The SMILES string of the molecule is CCCCCCCC/C=C\CCCCCCCCCC(=O)OC1C(OCC(COC(=O)CCCCCCCCCCCCCCCCCCCCC)OC(=O)CCCCCCCCCCCCCCCCCCCCC)OC(C(=O)O)C(O)C1O. The highest BCUT2D eigenvalue weighted by Gasteiger charge is 2.50. The van der Waals surface area contributed by atoms with Gasteiger partial charge in [0.1, 0.15) is 18.8 Å². The predicted molar refractivity (Wildman–Crippen MR) is 350 cm³/mol. The second kappa shape index (κ2) is 61.7. The highest BCUT2D eigenvalue weighted by Crippen LogP contribution is 2.27. The number of carboxylic acid groups (broad SMARTS) is 1. The molecular formula is C73H136O12. The van der Waals surface area contributed by atoms with Gasteiger partial charge in [-0.15, -0.1) is 0 Å². The van der Waals surface area contributed by atoms with Gasteiger partial charge in [0, 0.05) is 19.3 Å². The minimum Gasteiger partial charge on any atom is -0.479 e. The van der Waals surface area contributed by atoms with Crippen LogP contribution in [0.4, 0.5) is 0 Å². The molecule has 0 saturated carbocycles. The second-order valence-corrected chi connectivity index (χ2v) is 25.6. The number of aliphatic hydroxyl groups is 2. The first kappa shape index (κ1) is 80.5. The Kier molecular flexibility index (Phi) is 58.4. The van der Waals surface area contributed by atoms with Crippen LogP contribution in [0.15, 0.2) is 12.2 Å². The number of hydrogen-bond acceptors (Lipinski definition) is 11. The van der Waals surface area contributed by atoms with Crippen molar-refractivity contribution in [3.63, 3.8) is 0 Å². The Morgan fingerprint density at radius 3 is 1.00 bits per heavy atom. The molecule has 0 aromatic rings. The molecule has 1 rings (SSSR count).